The van der Waals surface area contributed by atoms with Crippen molar-refractivity contribution in [2.45, 2.75) is 26.0 Å². The van der Waals surface area contributed by atoms with Crippen molar-refractivity contribution in [3.63, 3.8) is 0 Å². The third-order valence-corrected chi connectivity index (χ3v) is 3.25. The summed E-state index contributed by atoms with van der Waals surface area (Å²) in [4.78, 5) is 11.8. The number of nitrogens with one attached hydrogen (secondary N) is 2. The van der Waals surface area contributed by atoms with Crippen LogP contribution in [-0.2, 0) is 0 Å². The van der Waals surface area contributed by atoms with Gasteiger partial charge in [0.25, 0.3) is 0 Å². The average Bonchev–Trinajstić information content (AvgIpc) is 2.99. The van der Waals surface area contributed by atoms with Gasteiger partial charge >= 0.3 is 6.03 Å². The molecule has 0 aliphatic carbocycles. The van der Waals surface area contributed by atoms with E-state index in [9.17, 15) is 9.90 Å². The Morgan fingerprint density at radius 2 is 2.00 bits per heavy atom. The Hall–Kier alpha value is -2.27. The minimum Gasteiger partial charge on any atom is -0.467 e. The monoisotopic (exact) mass is 288 g/mol. The van der Waals surface area contributed by atoms with Crippen LogP contribution in [0.2, 0.25) is 0 Å². The first-order chi connectivity index (χ1) is 10.1. The molecule has 2 aromatic rings. The molecule has 0 aliphatic rings. The third-order valence-electron chi connectivity index (χ3n) is 3.25. The van der Waals surface area contributed by atoms with Gasteiger partial charge in [-0.2, -0.15) is 0 Å². The van der Waals surface area contributed by atoms with Crippen LogP contribution in [0.5, 0.6) is 0 Å². The molecular formula is C16H20N2O3. The molecule has 2 rings (SSSR count). The second-order valence-corrected chi connectivity index (χ2v) is 5.02. The van der Waals surface area contributed by atoms with E-state index in [1.54, 1.807) is 12.1 Å². The van der Waals surface area contributed by atoms with Gasteiger partial charge in [0.05, 0.1) is 18.8 Å². The summed E-state index contributed by atoms with van der Waals surface area (Å²) in [5.74, 6) is 0.432. The number of aliphatic hydroxyl groups excluding tert-OH is 1. The predicted molar refractivity (Wildman–Crippen MR) is 79.8 cm³/mol. The average molecular weight is 288 g/mol. The van der Waals surface area contributed by atoms with Gasteiger partial charge in [0, 0.05) is 0 Å². The molecule has 2 atom stereocenters. The SMILES string of the molecule is Cc1ccc(C(C)NC(=O)NCC(O)c2ccco2)cc1. The fourth-order valence-corrected chi connectivity index (χ4v) is 1.96. The van der Waals surface area contributed by atoms with E-state index in [-0.39, 0.29) is 18.6 Å². The van der Waals surface area contributed by atoms with Crippen LogP contribution in [0.25, 0.3) is 0 Å². The Balaban J connectivity index is 1.80. The molecule has 0 fully saturated rings. The zero-order chi connectivity index (χ0) is 15.2. The zero-order valence-corrected chi connectivity index (χ0v) is 12.2. The molecule has 112 valence electrons. The van der Waals surface area contributed by atoms with Crippen LogP contribution in [0.1, 0.15) is 36.0 Å². The van der Waals surface area contributed by atoms with Crippen LogP contribution in [0.3, 0.4) is 0 Å². The minimum absolute atomic E-state index is 0.0972. The molecule has 2 amide bonds. The first-order valence-electron chi connectivity index (χ1n) is 6.88. The van der Waals surface area contributed by atoms with Crippen LogP contribution in [0.4, 0.5) is 4.79 Å². The smallest absolute Gasteiger partial charge is 0.315 e. The van der Waals surface area contributed by atoms with Crippen LogP contribution in [-0.4, -0.2) is 17.7 Å². The highest BCUT2D eigenvalue weighted by atomic mass is 16.4. The summed E-state index contributed by atoms with van der Waals surface area (Å²) in [7, 11) is 0. The summed E-state index contributed by atoms with van der Waals surface area (Å²) in [5.41, 5.74) is 2.21. The number of amides is 2. The van der Waals surface area contributed by atoms with E-state index < -0.39 is 6.10 Å². The fourth-order valence-electron chi connectivity index (χ4n) is 1.96. The van der Waals surface area contributed by atoms with Crippen LogP contribution in [0, 0.1) is 6.92 Å². The van der Waals surface area contributed by atoms with Crippen molar-refractivity contribution in [2.24, 2.45) is 0 Å². The van der Waals surface area contributed by atoms with E-state index >= 15 is 0 Å². The lowest BCUT2D eigenvalue weighted by atomic mass is 10.1. The van der Waals surface area contributed by atoms with Crippen molar-refractivity contribution in [2.75, 3.05) is 6.54 Å². The summed E-state index contributed by atoms with van der Waals surface area (Å²) in [6, 6.07) is 10.9. The third kappa shape index (κ3) is 4.36. The Labute approximate surface area is 124 Å². The summed E-state index contributed by atoms with van der Waals surface area (Å²) in [5, 5.41) is 15.3. The van der Waals surface area contributed by atoms with E-state index in [1.165, 1.54) is 11.8 Å². The number of benzene rings is 1. The second kappa shape index (κ2) is 6.95. The highest BCUT2D eigenvalue weighted by Gasteiger charge is 2.13. The summed E-state index contributed by atoms with van der Waals surface area (Å²) in [6.07, 6.45) is 0.637. The number of rotatable bonds is 5. The Kier molecular flexibility index (Phi) is 5.00. The maximum Gasteiger partial charge on any atom is 0.315 e. The van der Waals surface area contributed by atoms with Crippen LogP contribution in [0.15, 0.2) is 47.1 Å². The van der Waals surface area contributed by atoms with Gasteiger partial charge in [-0.25, -0.2) is 4.79 Å². The maximum absolute atomic E-state index is 11.8. The quantitative estimate of drug-likeness (QED) is 0.792. The molecule has 0 saturated carbocycles. The van der Waals surface area contributed by atoms with Gasteiger partial charge in [0.1, 0.15) is 11.9 Å². The maximum atomic E-state index is 11.8. The fraction of sp³-hybridized carbons (Fsp3) is 0.312. The zero-order valence-electron chi connectivity index (χ0n) is 12.2. The molecule has 0 radical (unpaired) electrons. The van der Waals surface area contributed by atoms with E-state index in [2.05, 4.69) is 10.6 Å². The molecular weight excluding hydrogens is 268 g/mol. The Bertz CT molecular complexity index is 564. The van der Waals surface area contributed by atoms with Crippen molar-refractivity contribution >= 4 is 6.03 Å². The summed E-state index contributed by atoms with van der Waals surface area (Å²) in [6.45, 7) is 4.03. The molecule has 5 heteroatoms. The molecule has 3 N–H and O–H groups in total. The lowest BCUT2D eigenvalue weighted by Gasteiger charge is -2.16. The molecule has 2 unspecified atom stereocenters. The normalized spacial score (nSPS) is 13.5. The van der Waals surface area contributed by atoms with Gasteiger partial charge in [0.2, 0.25) is 0 Å². The van der Waals surface area contributed by atoms with Gasteiger partial charge in [-0.15, -0.1) is 0 Å². The molecule has 1 aromatic carbocycles. The predicted octanol–water partition coefficient (Wildman–Crippen LogP) is 2.68. The van der Waals surface area contributed by atoms with Crippen LogP contribution >= 0.6 is 0 Å². The van der Waals surface area contributed by atoms with Gasteiger partial charge in [-0.3, -0.25) is 0 Å². The highest BCUT2D eigenvalue weighted by Crippen LogP contribution is 2.13. The first kappa shape index (κ1) is 15.1. The molecule has 1 aromatic heterocycles. The minimum atomic E-state index is -0.847. The van der Waals surface area contributed by atoms with Crippen molar-refractivity contribution in [3.8, 4) is 0 Å². The van der Waals surface area contributed by atoms with E-state index in [0.29, 0.717) is 5.76 Å². The number of urea groups is 1. The van der Waals surface area contributed by atoms with Crippen molar-refractivity contribution in [3.05, 3.63) is 59.5 Å². The second-order valence-electron chi connectivity index (χ2n) is 5.02. The molecule has 0 aliphatic heterocycles. The van der Waals surface area contributed by atoms with E-state index in [4.69, 9.17) is 4.42 Å². The van der Waals surface area contributed by atoms with Gasteiger partial charge in [-0.05, 0) is 31.5 Å². The molecule has 0 spiro atoms. The number of aliphatic hydroxyl groups is 1. The number of aryl methyl sites for hydroxylation is 1. The Morgan fingerprint density at radius 1 is 1.29 bits per heavy atom. The molecule has 0 bridgehead atoms. The highest BCUT2D eigenvalue weighted by molar-refractivity contribution is 5.74. The largest absolute Gasteiger partial charge is 0.467 e. The number of hydrogen-bond donors (Lipinski definition) is 3. The lowest BCUT2D eigenvalue weighted by molar-refractivity contribution is 0.147. The number of furan rings is 1. The topological polar surface area (TPSA) is 74.5 Å². The van der Waals surface area contributed by atoms with Crippen molar-refractivity contribution in [1.82, 2.24) is 10.6 Å². The summed E-state index contributed by atoms with van der Waals surface area (Å²) >= 11 is 0. The first-order valence-corrected chi connectivity index (χ1v) is 6.88. The van der Waals surface area contributed by atoms with E-state index in [1.807, 2.05) is 38.1 Å². The molecule has 0 saturated heterocycles. The lowest BCUT2D eigenvalue weighted by Crippen LogP contribution is -2.39. The number of carbonyl (C=O) groups excluding carboxylic acids is 1. The van der Waals surface area contributed by atoms with Crippen molar-refractivity contribution in [1.29, 1.82) is 0 Å². The molecule has 1 heterocycles. The number of hydrogen-bond acceptors (Lipinski definition) is 3. The summed E-state index contributed by atoms with van der Waals surface area (Å²) < 4.78 is 5.07. The van der Waals surface area contributed by atoms with Gasteiger partial charge in [0.15, 0.2) is 0 Å². The van der Waals surface area contributed by atoms with Gasteiger partial charge < -0.3 is 20.2 Å². The van der Waals surface area contributed by atoms with E-state index in [0.717, 1.165) is 5.56 Å². The van der Waals surface area contributed by atoms with Crippen molar-refractivity contribution < 1.29 is 14.3 Å². The standard InChI is InChI=1S/C16H20N2O3/c1-11-5-7-13(8-6-11)12(2)18-16(20)17-10-14(19)15-4-3-9-21-15/h3-9,12,14,19H,10H2,1-2H3,(H2,17,18,20). The molecule has 21 heavy (non-hydrogen) atoms. The van der Waals surface area contributed by atoms with Crippen LogP contribution < -0.4 is 10.6 Å². The van der Waals surface area contributed by atoms with Gasteiger partial charge in [-0.1, -0.05) is 29.8 Å². The molecule has 5 nitrogen and oxygen atoms in total. The number of carbonyl (C=O) groups is 1. The Morgan fingerprint density at radius 3 is 2.62 bits per heavy atom.